The number of piperazine rings is 1. The number of halogens is 1. The van der Waals surface area contributed by atoms with Crippen molar-refractivity contribution in [2.75, 3.05) is 50.8 Å². The number of rotatable bonds is 6. The molecule has 6 rings (SSSR count). The normalized spacial score (nSPS) is 26.7. The van der Waals surface area contributed by atoms with Crippen LogP contribution in [0.5, 0.6) is 0 Å². The fourth-order valence-corrected chi connectivity index (χ4v) is 7.22. The molecule has 0 spiro atoms. The van der Waals surface area contributed by atoms with E-state index in [0.29, 0.717) is 32.1 Å². The summed E-state index contributed by atoms with van der Waals surface area (Å²) in [6.45, 7) is 16.3. The topological polar surface area (TPSA) is 78.5 Å². The minimum atomic E-state index is -0.579. The zero-order valence-corrected chi connectivity index (χ0v) is 26.9. The number of anilines is 1. The van der Waals surface area contributed by atoms with Gasteiger partial charge in [-0.1, -0.05) is 26.0 Å². The molecule has 9 nitrogen and oxygen atoms in total. The van der Waals surface area contributed by atoms with Crippen LogP contribution in [-0.2, 0) is 26.1 Å². The molecule has 3 fully saturated rings. The number of morpholine rings is 1. The van der Waals surface area contributed by atoms with Crippen LogP contribution in [-0.4, -0.2) is 107 Å². The molecule has 2 amide bonds. The molecule has 0 saturated carbocycles. The maximum atomic E-state index is 14.2. The highest BCUT2D eigenvalue weighted by Crippen LogP contribution is 2.40. The molecular weight excluding hydrogens is 561 g/mol. The van der Waals surface area contributed by atoms with E-state index in [-0.39, 0.29) is 48.0 Å². The largest absolute Gasteiger partial charge is 0.444 e. The van der Waals surface area contributed by atoms with Crippen molar-refractivity contribution in [3.63, 3.8) is 0 Å². The number of hydrogen-bond acceptors (Lipinski definition) is 7. The van der Waals surface area contributed by atoms with Crippen LogP contribution in [0.3, 0.4) is 0 Å². The molecule has 3 saturated heterocycles. The molecule has 238 valence electrons. The van der Waals surface area contributed by atoms with Crippen molar-refractivity contribution in [1.29, 1.82) is 0 Å². The number of ether oxygens (including phenoxy) is 2. The Balaban J connectivity index is 1.21. The second kappa shape index (κ2) is 11.7. The molecule has 44 heavy (non-hydrogen) atoms. The maximum absolute atomic E-state index is 14.2. The van der Waals surface area contributed by atoms with E-state index in [1.807, 2.05) is 43.7 Å². The Bertz CT molecular complexity index is 1390. The second-order valence-corrected chi connectivity index (χ2v) is 14.7. The zero-order valence-electron chi connectivity index (χ0n) is 26.9. The molecular formula is C34H46FN5O4. The van der Waals surface area contributed by atoms with Gasteiger partial charge in [0.05, 0.1) is 30.6 Å². The average molecular weight is 608 g/mol. The molecule has 2 aromatic rings. The van der Waals surface area contributed by atoms with E-state index in [4.69, 9.17) is 14.5 Å². The van der Waals surface area contributed by atoms with Crippen molar-refractivity contribution in [2.45, 2.75) is 89.6 Å². The highest BCUT2D eigenvalue weighted by atomic mass is 19.1. The van der Waals surface area contributed by atoms with Crippen LogP contribution < -0.4 is 4.90 Å². The molecule has 2 bridgehead atoms. The van der Waals surface area contributed by atoms with Crippen LogP contribution in [0.15, 0.2) is 36.5 Å². The van der Waals surface area contributed by atoms with Gasteiger partial charge in [0.2, 0.25) is 5.91 Å². The fourth-order valence-electron chi connectivity index (χ4n) is 7.22. The van der Waals surface area contributed by atoms with Gasteiger partial charge in [0.15, 0.2) is 0 Å². The SMILES string of the molecule is C[C@@H]1CN(CC(=O)N2CC(C)(C)c3ncc(Cc4ccc(F)cc4)cc32)[C@@H](CN2C[C@@H]3C[C@H]2CO3)CN1C(=O)OC(C)(C)C. The van der Waals surface area contributed by atoms with Crippen molar-refractivity contribution in [2.24, 2.45) is 0 Å². The van der Waals surface area contributed by atoms with Gasteiger partial charge in [0.25, 0.3) is 0 Å². The third kappa shape index (κ3) is 6.48. The predicted molar refractivity (Wildman–Crippen MR) is 166 cm³/mol. The summed E-state index contributed by atoms with van der Waals surface area (Å²) in [6.07, 6.45) is 3.50. The number of amides is 2. The molecule has 4 aliphatic rings. The summed E-state index contributed by atoms with van der Waals surface area (Å²) in [4.78, 5) is 40.7. The molecule has 1 aromatic carbocycles. The summed E-state index contributed by atoms with van der Waals surface area (Å²) in [5.41, 5.74) is 2.88. The molecule has 1 aromatic heterocycles. The van der Waals surface area contributed by atoms with E-state index in [1.165, 1.54) is 12.1 Å². The third-order valence-electron chi connectivity index (χ3n) is 9.41. The Morgan fingerprint density at radius 1 is 1.09 bits per heavy atom. The van der Waals surface area contributed by atoms with Gasteiger partial charge in [-0.2, -0.15) is 0 Å². The van der Waals surface area contributed by atoms with Crippen molar-refractivity contribution in [1.82, 2.24) is 19.7 Å². The highest BCUT2D eigenvalue weighted by molar-refractivity contribution is 5.97. The van der Waals surface area contributed by atoms with Gasteiger partial charge in [-0.3, -0.25) is 19.6 Å². The molecule has 0 aliphatic carbocycles. The summed E-state index contributed by atoms with van der Waals surface area (Å²) in [7, 11) is 0. The molecule has 4 aliphatic heterocycles. The number of carbonyl (C=O) groups is 2. The molecule has 0 unspecified atom stereocenters. The van der Waals surface area contributed by atoms with Gasteiger partial charge in [0, 0.05) is 62.5 Å². The Labute approximate surface area is 260 Å². The zero-order chi connectivity index (χ0) is 31.4. The van der Waals surface area contributed by atoms with Gasteiger partial charge in [-0.15, -0.1) is 0 Å². The minimum Gasteiger partial charge on any atom is -0.444 e. The predicted octanol–water partition coefficient (Wildman–Crippen LogP) is 4.22. The molecule has 0 N–H and O–H groups in total. The summed E-state index contributed by atoms with van der Waals surface area (Å²) in [5.74, 6) is -0.226. The molecule has 4 atom stereocenters. The quantitative estimate of drug-likeness (QED) is 0.487. The van der Waals surface area contributed by atoms with Crippen LogP contribution in [0.4, 0.5) is 14.9 Å². The maximum Gasteiger partial charge on any atom is 0.410 e. The Morgan fingerprint density at radius 3 is 2.50 bits per heavy atom. The smallest absolute Gasteiger partial charge is 0.410 e. The first-order valence-corrected chi connectivity index (χ1v) is 15.9. The lowest BCUT2D eigenvalue weighted by Gasteiger charge is -2.47. The van der Waals surface area contributed by atoms with E-state index in [1.54, 1.807) is 12.1 Å². The Kier molecular flexibility index (Phi) is 8.22. The van der Waals surface area contributed by atoms with Crippen LogP contribution >= 0.6 is 0 Å². The molecule has 5 heterocycles. The van der Waals surface area contributed by atoms with E-state index >= 15 is 0 Å². The summed E-state index contributed by atoms with van der Waals surface area (Å²) in [6, 6.07) is 8.85. The van der Waals surface area contributed by atoms with Crippen LogP contribution in [0, 0.1) is 5.82 Å². The summed E-state index contributed by atoms with van der Waals surface area (Å²) < 4.78 is 25.1. The van der Waals surface area contributed by atoms with E-state index in [2.05, 4.69) is 29.7 Å². The van der Waals surface area contributed by atoms with Gasteiger partial charge in [0.1, 0.15) is 11.4 Å². The Hall–Kier alpha value is -3.08. The lowest BCUT2D eigenvalue weighted by Crippen LogP contribution is -2.64. The first kappa shape index (κ1) is 30.9. The number of carbonyl (C=O) groups excluding carboxylic acids is 2. The van der Waals surface area contributed by atoms with Crippen molar-refractivity contribution in [3.05, 3.63) is 59.2 Å². The lowest BCUT2D eigenvalue weighted by molar-refractivity contribution is -0.121. The van der Waals surface area contributed by atoms with Crippen LogP contribution in [0.25, 0.3) is 0 Å². The van der Waals surface area contributed by atoms with Gasteiger partial charge in [-0.05, 0) is 69.9 Å². The molecule has 0 radical (unpaired) electrons. The number of aromatic nitrogens is 1. The monoisotopic (exact) mass is 607 g/mol. The second-order valence-electron chi connectivity index (χ2n) is 14.7. The number of hydrogen-bond donors (Lipinski definition) is 0. The van der Waals surface area contributed by atoms with Crippen molar-refractivity contribution in [3.8, 4) is 0 Å². The number of nitrogens with zero attached hydrogens (tertiary/aromatic N) is 5. The molecule has 10 heteroatoms. The van der Waals surface area contributed by atoms with Crippen LogP contribution in [0.2, 0.25) is 0 Å². The standard InChI is InChI=1S/C34H46FN5O4/c1-22-15-37(27(16-38-18-28-13-26(38)20-43-28)17-39(22)32(42)44-33(2,3)4)19-30(41)40-21-34(5,6)31-29(40)12-24(14-36-31)11-23-7-9-25(35)10-8-23/h7-10,12,14,22,26-28H,11,13,15-21H2,1-6H3/t22-,26+,27+,28+/m1/s1. The summed E-state index contributed by atoms with van der Waals surface area (Å²) in [5, 5.41) is 0. The number of benzene rings is 1. The van der Waals surface area contributed by atoms with Gasteiger partial charge >= 0.3 is 6.09 Å². The van der Waals surface area contributed by atoms with E-state index in [9.17, 15) is 14.0 Å². The Morgan fingerprint density at radius 2 is 1.84 bits per heavy atom. The van der Waals surface area contributed by atoms with Gasteiger partial charge in [-0.25, -0.2) is 9.18 Å². The number of pyridine rings is 1. The van der Waals surface area contributed by atoms with Gasteiger partial charge < -0.3 is 19.3 Å². The minimum absolute atomic E-state index is 0.0139. The van der Waals surface area contributed by atoms with Crippen molar-refractivity contribution >= 4 is 17.7 Å². The fraction of sp³-hybridized carbons (Fsp3) is 0.618. The first-order valence-electron chi connectivity index (χ1n) is 15.9. The lowest BCUT2D eigenvalue weighted by atomic mass is 9.91. The number of fused-ring (bicyclic) bond motifs is 3. The third-order valence-corrected chi connectivity index (χ3v) is 9.41. The van der Waals surface area contributed by atoms with Crippen LogP contribution in [0.1, 0.15) is 64.8 Å². The summed E-state index contributed by atoms with van der Waals surface area (Å²) >= 11 is 0. The van der Waals surface area contributed by atoms with E-state index in [0.717, 1.165) is 48.6 Å². The highest BCUT2D eigenvalue weighted by Gasteiger charge is 2.45. The number of likely N-dealkylation sites (tertiary alicyclic amines) is 1. The van der Waals surface area contributed by atoms with E-state index < -0.39 is 5.60 Å². The first-order chi connectivity index (χ1) is 20.8. The van der Waals surface area contributed by atoms with Crippen molar-refractivity contribution < 1.29 is 23.5 Å². The average Bonchev–Trinajstić information content (AvgIpc) is 3.63.